The first kappa shape index (κ1) is 11.2. The van der Waals surface area contributed by atoms with Crippen LogP contribution in [0.3, 0.4) is 0 Å². The van der Waals surface area contributed by atoms with E-state index in [-0.39, 0.29) is 6.10 Å². The highest BCUT2D eigenvalue weighted by molar-refractivity contribution is 9.10. The second kappa shape index (κ2) is 4.76. The van der Waals surface area contributed by atoms with Gasteiger partial charge in [-0.1, -0.05) is 15.9 Å². The van der Waals surface area contributed by atoms with Crippen LogP contribution in [0, 0.1) is 0 Å². The van der Waals surface area contributed by atoms with E-state index in [4.69, 9.17) is 9.15 Å². The minimum absolute atomic E-state index is 0.167. The molecule has 4 nitrogen and oxygen atoms in total. The zero-order valence-corrected chi connectivity index (χ0v) is 10.9. The van der Waals surface area contributed by atoms with E-state index in [1.165, 1.54) is 0 Å². The normalized spacial score (nSPS) is 20.9. The lowest BCUT2D eigenvalue weighted by Gasteiger charge is -2.22. The molecule has 0 bridgehead atoms. The molecular formula is C12H13BrN2O2. The maximum atomic E-state index is 5.69. The molecule has 0 saturated carbocycles. The van der Waals surface area contributed by atoms with Gasteiger partial charge in [-0.05, 0) is 18.2 Å². The van der Waals surface area contributed by atoms with Gasteiger partial charge in [-0.15, -0.1) is 0 Å². The van der Waals surface area contributed by atoms with E-state index >= 15 is 0 Å². The van der Waals surface area contributed by atoms with Crippen LogP contribution in [-0.4, -0.2) is 30.8 Å². The summed E-state index contributed by atoms with van der Waals surface area (Å²) in [5, 5.41) is 3.30. The van der Waals surface area contributed by atoms with Crippen molar-refractivity contribution in [3.8, 4) is 0 Å². The van der Waals surface area contributed by atoms with E-state index in [9.17, 15) is 0 Å². The second-order valence-corrected chi connectivity index (χ2v) is 5.04. The van der Waals surface area contributed by atoms with Gasteiger partial charge in [0, 0.05) is 17.6 Å². The van der Waals surface area contributed by atoms with Gasteiger partial charge in [-0.2, -0.15) is 0 Å². The molecule has 1 atom stereocenters. The number of rotatable bonds is 2. The van der Waals surface area contributed by atoms with Gasteiger partial charge in [-0.3, -0.25) is 0 Å². The molecule has 1 aromatic heterocycles. The summed E-state index contributed by atoms with van der Waals surface area (Å²) in [4.78, 5) is 4.46. The highest BCUT2D eigenvalue weighted by atomic mass is 79.9. The van der Waals surface area contributed by atoms with Crippen LogP contribution in [0.25, 0.3) is 11.1 Å². The summed E-state index contributed by atoms with van der Waals surface area (Å²) in [5.41, 5.74) is 1.71. The molecule has 1 saturated heterocycles. The molecule has 1 aliphatic heterocycles. The smallest absolute Gasteiger partial charge is 0.198 e. The third kappa shape index (κ3) is 2.51. The van der Waals surface area contributed by atoms with Crippen molar-refractivity contribution >= 4 is 27.0 Å². The van der Waals surface area contributed by atoms with Crippen LogP contribution in [0.5, 0.6) is 0 Å². The maximum Gasteiger partial charge on any atom is 0.198 e. The Balaban J connectivity index is 1.80. The van der Waals surface area contributed by atoms with Crippen LogP contribution in [0.15, 0.2) is 27.1 Å². The standard InChI is InChI=1S/C12H13BrN2O2/c13-8-1-2-11-10(5-8)15-12(17-11)6-9-7-14-3-4-16-9/h1-2,5,9,14H,3-4,6-7H2. The van der Waals surface area contributed by atoms with Gasteiger partial charge in [0.2, 0.25) is 0 Å². The molecule has 17 heavy (non-hydrogen) atoms. The highest BCUT2D eigenvalue weighted by Gasteiger charge is 2.17. The van der Waals surface area contributed by atoms with Crippen LogP contribution in [0.4, 0.5) is 0 Å². The van der Waals surface area contributed by atoms with Gasteiger partial charge in [0.05, 0.1) is 19.1 Å². The summed E-state index contributed by atoms with van der Waals surface area (Å²) in [6.45, 7) is 2.55. The first-order chi connectivity index (χ1) is 8.31. The number of halogens is 1. The van der Waals surface area contributed by atoms with Crippen molar-refractivity contribution in [1.29, 1.82) is 0 Å². The molecule has 1 N–H and O–H groups in total. The Morgan fingerprint density at radius 3 is 3.24 bits per heavy atom. The van der Waals surface area contributed by atoms with E-state index in [1.807, 2.05) is 18.2 Å². The largest absolute Gasteiger partial charge is 0.441 e. The number of fused-ring (bicyclic) bond motifs is 1. The van der Waals surface area contributed by atoms with E-state index in [1.54, 1.807) is 0 Å². The Morgan fingerprint density at radius 2 is 2.41 bits per heavy atom. The van der Waals surface area contributed by atoms with Crippen LogP contribution in [-0.2, 0) is 11.2 Å². The van der Waals surface area contributed by atoms with Crippen molar-refractivity contribution in [1.82, 2.24) is 10.3 Å². The minimum Gasteiger partial charge on any atom is -0.441 e. The van der Waals surface area contributed by atoms with Crippen molar-refractivity contribution in [2.75, 3.05) is 19.7 Å². The molecule has 1 aromatic carbocycles. The fourth-order valence-electron chi connectivity index (χ4n) is 1.98. The van der Waals surface area contributed by atoms with E-state index in [0.29, 0.717) is 0 Å². The molecular weight excluding hydrogens is 284 g/mol. The molecule has 0 radical (unpaired) electrons. The number of nitrogens with one attached hydrogen (secondary N) is 1. The molecule has 0 spiro atoms. The van der Waals surface area contributed by atoms with Crippen molar-refractivity contribution < 1.29 is 9.15 Å². The number of hydrogen-bond acceptors (Lipinski definition) is 4. The number of ether oxygens (including phenoxy) is 1. The van der Waals surface area contributed by atoms with E-state index in [2.05, 4.69) is 26.2 Å². The average molecular weight is 297 g/mol. The predicted molar refractivity (Wildman–Crippen MR) is 68.0 cm³/mol. The van der Waals surface area contributed by atoms with Crippen LogP contribution < -0.4 is 5.32 Å². The van der Waals surface area contributed by atoms with E-state index in [0.717, 1.165) is 47.6 Å². The lowest BCUT2D eigenvalue weighted by atomic mass is 10.2. The molecule has 90 valence electrons. The number of oxazole rings is 1. The zero-order valence-electron chi connectivity index (χ0n) is 9.28. The Kier molecular flexibility index (Phi) is 3.13. The third-order valence-corrected chi connectivity index (χ3v) is 3.29. The maximum absolute atomic E-state index is 5.69. The second-order valence-electron chi connectivity index (χ2n) is 4.12. The molecule has 3 rings (SSSR count). The SMILES string of the molecule is Brc1ccc2oc(CC3CNCCO3)nc2c1. The number of hydrogen-bond donors (Lipinski definition) is 1. The van der Waals surface area contributed by atoms with Crippen molar-refractivity contribution in [3.05, 3.63) is 28.6 Å². The number of morpholine rings is 1. The van der Waals surface area contributed by atoms with Crippen molar-refractivity contribution in [3.63, 3.8) is 0 Å². The first-order valence-corrected chi connectivity index (χ1v) is 6.48. The van der Waals surface area contributed by atoms with Crippen molar-refractivity contribution in [2.24, 2.45) is 0 Å². The third-order valence-electron chi connectivity index (χ3n) is 2.80. The van der Waals surface area contributed by atoms with Gasteiger partial charge in [0.1, 0.15) is 5.52 Å². The lowest BCUT2D eigenvalue weighted by molar-refractivity contribution is 0.0257. The Morgan fingerprint density at radius 1 is 1.47 bits per heavy atom. The van der Waals surface area contributed by atoms with Crippen molar-refractivity contribution in [2.45, 2.75) is 12.5 Å². The number of aromatic nitrogens is 1. The Bertz CT molecular complexity index is 520. The fraction of sp³-hybridized carbons (Fsp3) is 0.417. The molecule has 0 amide bonds. The Hall–Kier alpha value is -0.910. The number of benzene rings is 1. The van der Waals surface area contributed by atoms with E-state index < -0.39 is 0 Å². The van der Waals surface area contributed by atoms with Crippen LogP contribution in [0.1, 0.15) is 5.89 Å². The first-order valence-electron chi connectivity index (χ1n) is 5.68. The quantitative estimate of drug-likeness (QED) is 0.922. The summed E-state index contributed by atoms with van der Waals surface area (Å²) >= 11 is 3.42. The minimum atomic E-state index is 0.167. The van der Waals surface area contributed by atoms with Gasteiger partial charge in [-0.25, -0.2) is 4.98 Å². The Labute approximate surface area is 107 Å². The molecule has 1 unspecified atom stereocenters. The van der Waals surface area contributed by atoms with Crippen LogP contribution in [0.2, 0.25) is 0 Å². The van der Waals surface area contributed by atoms with Gasteiger partial charge in [0.25, 0.3) is 0 Å². The molecule has 1 aliphatic rings. The topological polar surface area (TPSA) is 47.3 Å². The highest BCUT2D eigenvalue weighted by Crippen LogP contribution is 2.21. The molecule has 5 heteroatoms. The monoisotopic (exact) mass is 296 g/mol. The molecule has 2 heterocycles. The molecule has 2 aromatic rings. The summed E-state index contributed by atoms with van der Waals surface area (Å²) in [5.74, 6) is 0.742. The lowest BCUT2D eigenvalue weighted by Crippen LogP contribution is -2.39. The fourth-order valence-corrected chi connectivity index (χ4v) is 2.33. The van der Waals surface area contributed by atoms with Gasteiger partial charge < -0.3 is 14.5 Å². The number of nitrogens with zero attached hydrogens (tertiary/aromatic N) is 1. The summed E-state index contributed by atoms with van der Waals surface area (Å²) < 4.78 is 12.3. The summed E-state index contributed by atoms with van der Waals surface area (Å²) in [6, 6.07) is 5.84. The molecule has 1 fully saturated rings. The van der Waals surface area contributed by atoms with Gasteiger partial charge >= 0.3 is 0 Å². The van der Waals surface area contributed by atoms with Crippen LogP contribution >= 0.6 is 15.9 Å². The molecule has 0 aliphatic carbocycles. The predicted octanol–water partition coefficient (Wildman–Crippen LogP) is 2.12. The average Bonchev–Trinajstić information content (AvgIpc) is 2.71. The summed E-state index contributed by atoms with van der Waals surface area (Å²) in [7, 11) is 0. The zero-order chi connectivity index (χ0) is 11.7. The van der Waals surface area contributed by atoms with Gasteiger partial charge in [0.15, 0.2) is 11.5 Å². The summed E-state index contributed by atoms with van der Waals surface area (Å²) in [6.07, 6.45) is 0.888.